The van der Waals surface area contributed by atoms with Gasteiger partial charge in [-0.25, -0.2) is 8.42 Å². The van der Waals surface area contributed by atoms with Crippen molar-refractivity contribution in [1.29, 1.82) is 0 Å². The molecule has 1 aliphatic rings. The maximum Gasteiger partial charge on any atom is 0.263 e. The van der Waals surface area contributed by atoms with Crippen molar-refractivity contribution >= 4 is 21.6 Å². The first-order chi connectivity index (χ1) is 13.5. The van der Waals surface area contributed by atoms with Crippen molar-refractivity contribution in [3.8, 4) is 5.75 Å². The van der Waals surface area contributed by atoms with Gasteiger partial charge in [-0.3, -0.25) is 9.10 Å². The number of nitrogens with one attached hydrogen (secondary N) is 1. The summed E-state index contributed by atoms with van der Waals surface area (Å²) in [5, 5.41) is 2.94. The first-order valence-electron chi connectivity index (χ1n) is 9.61. The van der Waals surface area contributed by atoms with Gasteiger partial charge in [0.15, 0.2) is 6.10 Å². The number of ether oxygens (including phenoxy) is 1. The van der Waals surface area contributed by atoms with Gasteiger partial charge in [0.05, 0.1) is 24.5 Å². The molecule has 0 aromatic heterocycles. The molecular weight excluding hydrogens is 388 g/mol. The molecule has 1 aliphatic heterocycles. The van der Waals surface area contributed by atoms with Gasteiger partial charge in [-0.15, -0.1) is 0 Å². The smallest absolute Gasteiger partial charge is 0.263 e. The van der Waals surface area contributed by atoms with Gasteiger partial charge < -0.3 is 10.1 Å². The van der Waals surface area contributed by atoms with Gasteiger partial charge in [-0.05, 0) is 35.6 Å². The van der Waals surface area contributed by atoms with Crippen LogP contribution >= 0.6 is 0 Å². The van der Waals surface area contributed by atoms with Crippen molar-refractivity contribution in [2.75, 3.05) is 17.1 Å². The Labute approximate surface area is 172 Å². The summed E-state index contributed by atoms with van der Waals surface area (Å²) in [4.78, 5) is 12.8. The van der Waals surface area contributed by atoms with E-state index >= 15 is 0 Å². The Hall–Kier alpha value is -2.54. The fourth-order valence-corrected chi connectivity index (χ4v) is 4.23. The average molecular weight is 417 g/mol. The van der Waals surface area contributed by atoms with E-state index in [1.165, 1.54) is 9.87 Å². The molecule has 0 radical (unpaired) electrons. The van der Waals surface area contributed by atoms with Gasteiger partial charge in [-0.1, -0.05) is 57.2 Å². The molecule has 3 rings (SSSR count). The van der Waals surface area contributed by atoms with E-state index in [4.69, 9.17) is 4.74 Å². The van der Waals surface area contributed by atoms with Crippen molar-refractivity contribution in [3.05, 3.63) is 59.7 Å². The van der Waals surface area contributed by atoms with Gasteiger partial charge in [0.2, 0.25) is 10.0 Å². The molecule has 0 bridgehead atoms. The number of para-hydroxylation sites is 2. The molecule has 0 unspecified atom stereocenters. The minimum atomic E-state index is -3.53. The molecule has 2 aromatic rings. The standard InChI is InChI=1S/C22H28N2O4S/c1-15(16-10-12-17(13-11-16)22(2,3)4)23-21(25)20-14-24(29(5,26)27)18-8-6-7-9-19(18)28-20/h6-13,15,20H,14H2,1-5H3,(H,23,25)/t15-,20+/m0/s1. The van der Waals surface area contributed by atoms with Crippen LogP contribution in [0.15, 0.2) is 48.5 Å². The number of carbonyl (C=O) groups is 1. The average Bonchev–Trinajstić information content (AvgIpc) is 2.65. The number of hydrogen-bond donors (Lipinski definition) is 1. The number of hydrogen-bond acceptors (Lipinski definition) is 4. The van der Waals surface area contributed by atoms with Gasteiger partial charge in [0.1, 0.15) is 5.75 Å². The zero-order valence-corrected chi connectivity index (χ0v) is 18.3. The predicted molar refractivity (Wildman–Crippen MR) is 115 cm³/mol. The van der Waals surface area contributed by atoms with Crippen LogP contribution in [0.25, 0.3) is 0 Å². The molecule has 2 aromatic carbocycles. The minimum Gasteiger partial charge on any atom is -0.476 e. The highest BCUT2D eigenvalue weighted by atomic mass is 32.2. The van der Waals surface area contributed by atoms with Crippen molar-refractivity contribution in [2.45, 2.75) is 45.3 Å². The van der Waals surface area contributed by atoms with E-state index in [9.17, 15) is 13.2 Å². The van der Waals surface area contributed by atoms with Crippen molar-refractivity contribution in [3.63, 3.8) is 0 Å². The molecule has 29 heavy (non-hydrogen) atoms. The van der Waals surface area contributed by atoms with Crippen LogP contribution < -0.4 is 14.4 Å². The lowest BCUT2D eigenvalue weighted by Crippen LogP contribution is -2.50. The number of anilines is 1. The second-order valence-corrected chi connectivity index (χ2v) is 10.4. The topological polar surface area (TPSA) is 75.7 Å². The number of fused-ring (bicyclic) bond motifs is 1. The summed E-state index contributed by atoms with van der Waals surface area (Å²) in [6.07, 6.45) is 0.208. The van der Waals surface area contributed by atoms with E-state index in [2.05, 4.69) is 38.2 Å². The molecule has 156 valence electrons. The lowest BCUT2D eigenvalue weighted by Gasteiger charge is -2.34. The van der Waals surface area contributed by atoms with Crippen molar-refractivity contribution in [2.24, 2.45) is 0 Å². The van der Waals surface area contributed by atoms with E-state index in [0.717, 1.165) is 11.8 Å². The normalized spacial score (nSPS) is 17.8. The Kier molecular flexibility index (Phi) is 5.63. The first-order valence-corrected chi connectivity index (χ1v) is 11.5. The summed E-state index contributed by atoms with van der Waals surface area (Å²) in [7, 11) is -3.53. The van der Waals surface area contributed by atoms with Crippen LogP contribution in [-0.2, 0) is 20.2 Å². The second-order valence-electron chi connectivity index (χ2n) is 8.47. The molecule has 1 heterocycles. The zero-order chi connectivity index (χ0) is 21.4. The predicted octanol–water partition coefficient (Wildman–Crippen LogP) is 3.39. The lowest BCUT2D eigenvalue weighted by molar-refractivity contribution is -0.128. The minimum absolute atomic E-state index is 0.0582. The van der Waals surface area contributed by atoms with E-state index in [-0.39, 0.29) is 23.9 Å². The Balaban J connectivity index is 1.75. The molecule has 2 atom stereocenters. The SMILES string of the molecule is C[C@H](NC(=O)[C@H]1CN(S(C)(=O)=O)c2ccccc2O1)c1ccc(C(C)(C)C)cc1. The Morgan fingerprint density at radius 2 is 1.76 bits per heavy atom. The number of nitrogens with zero attached hydrogens (tertiary/aromatic N) is 1. The van der Waals surface area contributed by atoms with Gasteiger partial charge in [-0.2, -0.15) is 0 Å². The van der Waals surface area contributed by atoms with Gasteiger partial charge in [0.25, 0.3) is 5.91 Å². The van der Waals surface area contributed by atoms with E-state index in [0.29, 0.717) is 11.4 Å². The third-order valence-corrected chi connectivity index (χ3v) is 6.21. The number of benzene rings is 2. The molecule has 1 N–H and O–H groups in total. The number of carbonyl (C=O) groups excluding carboxylic acids is 1. The molecule has 6 nitrogen and oxygen atoms in total. The summed E-state index contributed by atoms with van der Waals surface area (Å²) in [5.41, 5.74) is 2.70. The summed E-state index contributed by atoms with van der Waals surface area (Å²) in [6.45, 7) is 8.30. The molecule has 0 aliphatic carbocycles. The quantitative estimate of drug-likeness (QED) is 0.829. The zero-order valence-electron chi connectivity index (χ0n) is 17.5. The fourth-order valence-electron chi connectivity index (χ4n) is 3.31. The summed E-state index contributed by atoms with van der Waals surface area (Å²) in [6, 6.07) is 14.7. The lowest BCUT2D eigenvalue weighted by atomic mass is 9.86. The number of amides is 1. The van der Waals surface area contributed by atoms with Crippen LogP contribution in [-0.4, -0.2) is 33.2 Å². The van der Waals surface area contributed by atoms with E-state index in [1.54, 1.807) is 24.3 Å². The van der Waals surface area contributed by atoms with Crippen molar-refractivity contribution in [1.82, 2.24) is 5.32 Å². The third-order valence-electron chi connectivity index (χ3n) is 5.06. The van der Waals surface area contributed by atoms with E-state index < -0.39 is 16.1 Å². The second kappa shape index (κ2) is 7.71. The highest BCUT2D eigenvalue weighted by Crippen LogP contribution is 2.34. The van der Waals surface area contributed by atoms with Crippen LogP contribution in [0.2, 0.25) is 0 Å². The van der Waals surface area contributed by atoms with Crippen LogP contribution in [0, 0.1) is 0 Å². The summed E-state index contributed by atoms with van der Waals surface area (Å²) >= 11 is 0. The summed E-state index contributed by atoms with van der Waals surface area (Å²) < 4.78 is 31.4. The highest BCUT2D eigenvalue weighted by Gasteiger charge is 2.35. The monoisotopic (exact) mass is 416 g/mol. The summed E-state index contributed by atoms with van der Waals surface area (Å²) in [5.74, 6) is 0.0343. The first kappa shape index (κ1) is 21.2. The Morgan fingerprint density at radius 1 is 1.14 bits per heavy atom. The van der Waals surface area contributed by atoms with Crippen LogP contribution in [0.1, 0.15) is 44.9 Å². The van der Waals surface area contributed by atoms with Gasteiger partial charge in [0, 0.05) is 0 Å². The molecule has 1 amide bonds. The largest absolute Gasteiger partial charge is 0.476 e. The molecule has 0 spiro atoms. The van der Waals surface area contributed by atoms with E-state index in [1.807, 2.05) is 19.1 Å². The van der Waals surface area contributed by atoms with Crippen LogP contribution in [0.4, 0.5) is 5.69 Å². The molecule has 0 saturated heterocycles. The van der Waals surface area contributed by atoms with Crippen LogP contribution in [0.3, 0.4) is 0 Å². The van der Waals surface area contributed by atoms with Crippen molar-refractivity contribution < 1.29 is 17.9 Å². The maximum absolute atomic E-state index is 12.8. The maximum atomic E-state index is 12.8. The fraction of sp³-hybridized carbons (Fsp3) is 0.409. The Morgan fingerprint density at radius 3 is 2.34 bits per heavy atom. The van der Waals surface area contributed by atoms with Crippen LogP contribution in [0.5, 0.6) is 5.75 Å². The Bertz CT molecular complexity index is 994. The molecular formula is C22H28N2O4S. The number of rotatable bonds is 4. The molecule has 7 heteroatoms. The van der Waals surface area contributed by atoms with Gasteiger partial charge >= 0.3 is 0 Å². The third kappa shape index (κ3) is 4.72. The number of sulfonamides is 1. The molecule has 0 fully saturated rings. The highest BCUT2D eigenvalue weighted by molar-refractivity contribution is 7.92. The molecule has 0 saturated carbocycles.